The van der Waals surface area contributed by atoms with E-state index in [2.05, 4.69) is 17.6 Å². The Hall–Kier alpha value is -2.04. The predicted molar refractivity (Wildman–Crippen MR) is 90.4 cm³/mol. The van der Waals surface area contributed by atoms with E-state index in [9.17, 15) is 9.59 Å². The van der Waals surface area contributed by atoms with E-state index >= 15 is 0 Å². The van der Waals surface area contributed by atoms with Crippen LogP contribution < -0.4 is 10.6 Å². The SMILES string of the molecule is CCOC(=O)[C@@H]1C[C@H]2CC[C@@]1(C)C[C@]21NC(=O)c2ccccc2N1. The van der Waals surface area contributed by atoms with Crippen molar-refractivity contribution in [1.82, 2.24) is 5.32 Å². The zero-order valence-electron chi connectivity index (χ0n) is 14.2. The topological polar surface area (TPSA) is 67.4 Å². The van der Waals surface area contributed by atoms with Gasteiger partial charge < -0.3 is 15.4 Å². The van der Waals surface area contributed by atoms with Gasteiger partial charge in [-0.2, -0.15) is 0 Å². The zero-order chi connectivity index (χ0) is 16.9. The van der Waals surface area contributed by atoms with Gasteiger partial charge in [0.15, 0.2) is 0 Å². The first-order chi connectivity index (χ1) is 11.5. The summed E-state index contributed by atoms with van der Waals surface area (Å²) in [4.78, 5) is 25.0. The molecule has 5 heteroatoms. The van der Waals surface area contributed by atoms with Crippen LogP contribution >= 0.6 is 0 Å². The fourth-order valence-electron chi connectivity index (χ4n) is 5.05. The molecule has 4 aliphatic rings. The molecule has 1 spiro atoms. The highest BCUT2D eigenvalue weighted by Crippen LogP contribution is 2.58. The average Bonchev–Trinajstić information content (AvgIpc) is 2.54. The van der Waals surface area contributed by atoms with Gasteiger partial charge in [0.2, 0.25) is 0 Å². The van der Waals surface area contributed by atoms with Crippen molar-refractivity contribution < 1.29 is 14.3 Å². The molecule has 5 rings (SSSR count). The summed E-state index contributed by atoms with van der Waals surface area (Å²) in [5.74, 6) is 0.0685. The largest absolute Gasteiger partial charge is 0.466 e. The Labute approximate surface area is 142 Å². The summed E-state index contributed by atoms with van der Waals surface area (Å²) in [6.07, 6.45) is 3.54. The number of fused-ring (bicyclic) bond motifs is 3. The Bertz CT molecular complexity index is 704. The molecule has 24 heavy (non-hydrogen) atoms. The molecule has 0 radical (unpaired) electrons. The molecule has 0 unspecified atom stereocenters. The van der Waals surface area contributed by atoms with Gasteiger partial charge in [0.05, 0.1) is 18.1 Å². The van der Waals surface area contributed by atoms with Crippen LogP contribution in [0.25, 0.3) is 0 Å². The highest BCUT2D eigenvalue weighted by atomic mass is 16.5. The van der Waals surface area contributed by atoms with Gasteiger partial charge in [0, 0.05) is 11.6 Å². The molecule has 1 amide bonds. The lowest BCUT2D eigenvalue weighted by Gasteiger charge is -2.60. The van der Waals surface area contributed by atoms with E-state index in [0.29, 0.717) is 12.2 Å². The molecule has 3 saturated carbocycles. The normalized spacial score (nSPS) is 36.7. The number of para-hydroxylation sites is 1. The second-order valence-corrected chi connectivity index (χ2v) is 7.70. The summed E-state index contributed by atoms with van der Waals surface area (Å²) in [7, 11) is 0. The zero-order valence-corrected chi connectivity index (χ0v) is 14.2. The third-order valence-electron chi connectivity index (χ3n) is 6.24. The fourth-order valence-corrected chi connectivity index (χ4v) is 5.05. The number of rotatable bonds is 2. The molecule has 3 fully saturated rings. The summed E-state index contributed by atoms with van der Waals surface area (Å²) >= 11 is 0. The molecule has 1 aliphatic heterocycles. The van der Waals surface area contributed by atoms with Gasteiger partial charge in [0.1, 0.15) is 5.66 Å². The number of carbonyl (C=O) groups excluding carboxylic acids is 2. The quantitative estimate of drug-likeness (QED) is 0.819. The number of nitrogens with one attached hydrogen (secondary N) is 2. The van der Waals surface area contributed by atoms with Crippen LogP contribution in [0.3, 0.4) is 0 Å². The summed E-state index contributed by atoms with van der Waals surface area (Å²) in [6.45, 7) is 4.44. The van der Waals surface area contributed by atoms with E-state index < -0.39 is 5.66 Å². The Morgan fingerprint density at radius 3 is 2.88 bits per heavy atom. The van der Waals surface area contributed by atoms with Crippen LogP contribution in [0.1, 0.15) is 49.9 Å². The maximum absolute atomic E-state index is 12.6. The van der Waals surface area contributed by atoms with Crippen molar-refractivity contribution in [3.8, 4) is 0 Å². The lowest BCUT2D eigenvalue weighted by atomic mass is 9.51. The number of amides is 1. The minimum absolute atomic E-state index is 0.0202. The number of ether oxygens (including phenoxy) is 1. The van der Waals surface area contributed by atoms with Crippen molar-refractivity contribution in [3.05, 3.63) is 29.8 Å². The molecule has 0 saturated heterocycles. The molecular weight excluding hydrogens is 304 g/mol. The molecular formula is C19H24N2O3. The lowest BCUT2D eigenvalue weighted by molar-refractivity contribution is -0.163. The van der Waals surface area contributed by atoms with Crippen LogP contribution in [0.5, 0.6) is 0 Å². The van der Waals surface area contributed by atoms with Crippen LogP contribution in [0, 0.1) is 17.3 Å². The van der Waals surface area contributed by atoms with Gasteiger partial charge >= 0.3 is 5.97 Å². The number of hydrogen-bond donors (Lipinski definition) is 2. The van der Waals surface area contributed by atoms with Gasteiger partial charge in [-0.1, -0.05) is 19.1 Å². The molecule has 2 N–H and O–H groups in total. The third-order valence-corrected chi connectivity index (χ3v) is 6.24. The Morgan fingerprint density at radius 2 is 2.12 bits per heavy atom. The van der Waals surface area contributed by atoms with Gasteiger partial charge in [-0.25, -0.2) is 0 Å². The molecule has 128 valence electrons. The average molecular weight is 328 g/mol. The predicted octanol–water partition coefficient (Wildman–Crippen LogP) is 2.93. The molecule has 1 aromatic carbocycles. The first-order valence-corrected chi connectivity index (χ1v) is 8.84. The number of hydrogen-bond acceptors (Lipinski definition) is 4. The number of anilines is 1. The molecule has 4 atom stereocenters. The number of carbonyl (C=O) groups is 2. The minimum Gasteiger partial charge on any atom is -0.466 e. The highest BCUT2D eigenvalue weighted by Gasteiger charge is 2.60. The van der Waals surface area contributed by atoms with Crippen molar-refractivity contribution in [2.24, 2.45) is 17.3 Å². The van der Waals surface area contributed by atoms with Crippen molar-refractivity contribution in [3.63, 3.8) is 0 Å². The second-order valence-electron chi connectivity index (χ2n) is 7.70. The van der Waals surface area contributed by atoms with Gasteiger partial charge in [-0.05, 0) is 50.2 Å². The number of esters is 1. The third kappa shape index (κ3) is 2.14. The molecule has 0 aromatic heterocycles. The van der Waals surface area contributed by atoms with Gasteiger partial charge in [-0.15, -0.1) is 0 Å². The van der Waals surface area contributed by atoms with Crippen LogP contribution in [-0.4, -0.2) is 24.1 Å². The van der Waals surface area contributed by atoms with Gasteiger partial charge in [-0.3, -0.25) is 9.59 Å². The molecule has 3 aliphatic carbocycles. The number of benzene rings is 1. The summed E-state index contributed by atoms with van der Waals surface area (Å²) in [5, 5.41) is 6.84. The van der Waals surface area contributed by atoms with Crippen LogP contribution in [0.2, 0.25) is 0 Å². The first-order valence-electron chi connectivity index (χ1n) is 8.84. The van der Waals surface area contributed by atoms with E-state index in [4.69, 9.17) is 4.74 Å². The standard InChI is InChI=1S/C19H24N2O3/c1-3-24-17(23)14-10-12-8-9-18(14,2)11-19(12)20-15-7-5-4-6-13(15)16(22)21-19/h4-7,12,14,20H,3,8-11H2,1-2H3,(H,21,22)/t12-,14+,18+,19+/m1/s1. The Balaban J connectivity index is 1.66. The summed E-state index contributed by atoms with van der Waals surface area (Å²) in [6, 6.07) is 7.63. The Kier molecular flexibility index (Phi) is 3.37. The van der Waals surface area contributed by atoms with Gasteiger partial charge in [0.25, 0.3) is 5.91 Å². The van der Waals surface area contributed by atoms with Crippen molar-refractivity contribution in [2.75, 3.05) is 11.9 Å². The van der Waals surface area contributed by atoms with Crippen LogP contribution in [0.4, 0.5) is 5.69 Å². The van der Waals surface area contributed by atoms with E-state index in [1.807, 2.05) is 31.2 Å². The maximum atomic E-state index is 12.6. The van der Waals surface area contributed by atoms with E-state index in [0.717, 1.165) is 31.4 Å². The van der Waals surface area contributed by atoms with Crippen LogP contribution in [0.15, 0.2) is 24.3 Å². The smallest absolute Gasteiger partial charge is 0.309 e. The minimum atomic E-state index is -0.443. The fraction of sp³-hybridized carbons (Fsp3) is 0.579. The summed E-state index contributed by atoms with van der Waals surface area (Å²) < 4.78 is 5.31. The lowest BCUT2D eigenvalue weighted by Crippen LogP contribution is -2.69. The van der Waals surface area contributed by atoms with E-state index in [-0.39, 0.29) is 29.1 Å². The van der Waals surface area contributed by atoms with E-state index in [1.54, 1.807) is 0 Å². The molecule has 1 heterocycles. The van der Waals surface area contributed by atoms with E-state index in [1.165, 1.54) is 0 Å². The van der Waals surface area contributed by atoms with Crippen molar-refractivity contribution in [1.29, 1.82) is 0 Å². The maximum Gasteiger partial charge on any atom is 0.309 e. The molecule has 5 nitrogen and oxygen atoms in total. The second kappa shape index (κ2) is 5.23. The molecule has 2 bridgehead atoms. The highest BCUT2D eigenvalue weighted by molar-refractivity contribution is 6.02. The monoisotopic (exact) mass is 328 g/mol. The Morgan fingerprint density at radius 1 is 1.33 bits per heavy atom. The summed E-state index contributed by atoms with van der Waals surface area (Å²) in [5.41, 5.74) is 0.997. The van der Waals surface area contributed by atoms with Crippen LogP contribution in [-0.2, 0) is 9.53 Å². The molecule has 1 aromatic rings. The van der Waals surface area contributed by atoms with Crippen molar-refractivity contribution in [2.45, 2.75) is 45.2 Å². The first kappa shape index (κ1) is 15.5. The van der Waals surface area contributed by atoms with Crippen molar-refractivity contribution >= 4 is 17.6 Å².